The second kappa shape index (κ2) is 19.7. The highest BCUT2D eigenvalue weighted by Gasteiger charge is 2.20. The lowest BCUT2D eigenvalue weighted by molar-refractivity contribution is -0.122. The first-order valence-electron chi connectivity index (χ1n) is 12.2. The van der Waals surface area contributed by atoms with Crippen LogP contribution in [0.25, 0.3) is 0 Å². The molecule has 0 aliphatic carbocycles. The van der Waals surface area contributed by atoms with Gasteiger partial charge in [-0.15, -0.1) is 6.58 Å². The van der Waals surface area contributed by atoms with Gasteiger partial charge in [-0.3, -0.25) is 9.59 Å². The number of amides is 1. The van der Waals surface area contributed by atoms with Crippen LogP contribution >= 0.6 is 0 Å². The van der Waals surface area contributed by atoms with Gasteiger partial charge in [-0.2, -0.15) is 5.26 Å². The first-order valence-corrected chi connectivity index (χ1v) is 12.2. The molecule has 0 radical (unpaired) electrons. The summed E-state index contributed by atoms with van der Waals surface area (Å²) in [5.74, 6) is 0.577. The second-order valence-corrected chi connectivity index (χ2v) is 9.05. The zero-order valence-electron chi connectivity index (χ0n) is 20.4. The number of nitriles is 1. The molecule has 4 unspecified atom stereocenters. The average molecular weight is 447 g/mol. The molecule has 0 saturated carbocycles. The van der Waals surface area contributed by atoms with Gasteiger partial charge < -0.3 is 16.8 Å². The molecule has 0 aliphatic heterocycles. The Kier molecular flexibility index (Phi) is 18.5. The molecule has 6 heteroatoms. The molecule has 0 fully saturated rings. The highest BCUT2D eigenvalue weighted by atomic mass is 16.1. The first kappa shape index (κ1) is 30.0. The summed E-state index contributed by atoms with van der Waals surface area (Å²) >= 11 is 0. The van der Waals surface area contributed by atoms with Crippen LogP contribution in [-0.4, -0.2) is 31.3 Å². The summed E-state index contributed by atoms with van der Waals surface area (Å²) in [5, 5.41) is 12.4. The second-order valence-electron chi connectivity index (χ2n) is 9.05. The highest BCUT2D eigenvalue weighted by Crippen LogP contribution is 2.21. The number of unbranched alkanes of at least 4 members (excludes halogenated alkanes) is 1. The summed E-state index contributed by atoms with van der Waals surface area (Å²) in [4.78, 5) is 24.3. The number of carbonyl (C=O) groups is 2. The fourth-order valence-electron chi connectivity index (χ4n) is 3.46. The van der Waals surface area contributed by atoms with Crippen LogP contribution in [0.15, 0.2) is 24.8 Å². The number of rotatable bonds is 20. The van der Waals surface area contributed by atoms with Crippen LogP contribution in [-0.2, 0) is 9.59 Å². The third-order valence-corrected chi connectivity index (χ3v) is 5.96. The monoisotopic (exact) mass is 446 g/mol. The van der Waals surface area contributed by atoms with Gasteiger partial charge in [0.05, 0.1) is 6.07 Å². The van der Waals surface area contributed by atoms with E-state index < -0.39 is 5.92 Å². The Balaban J connectivity index is 4.13. The molecule has 1 amide bonds. The van der Waals surface area contributed by atoms with E-state index in [0.29, 0.717) is 50.7 Å². The number of carbonyl (C=O) groups excluding carboxylic acids is 2. The first-order chi connectivity index (χ1) is 15.4. The number of nitrogens with one attached hydrogen (secondary N) is 1. The summed E-state index contributed by atoms with van der Waals surface area (Å²) in [7, 11) is 0. The van der Waals surface area contributed by atoms with Crippen LogP contribution in [0.1, 0.15) is 78.1 Å². The quantitative estimate of drug-likeness (QED) is 0.190. The Hall–Kier alpha value is -1.97. The third-order valence-electron chi connectivity index (χ3n) is 5.96. The molecule has 182 valence electrons. The van der Waals surface area contributed by atoms with Gasteiger partial charge in [0, 0.05) is 19.4 Å². The van der Waals surface area contributed by atoms with Crippen molar-refractivity contribution in [3.63, 3.8) is 0 Å². The molecule has 0 aromatic heterocycles. The van der Waals surface area contributed by atoms with Crippen molar-refractivity contribution in [3.05, 3.63) is 24.8 Å². The van der Waals surface area contributed by atoms with Crippen molar-refractivity contribution < 1.29 is 9.59 Å². The molecule has 0 bridgehead atoms. The van der Waals surface area contributed by atoms with E-state index in [1.807, 2.05) is 18.2 Å². The van der Waals surface area contributed by atoms with Crippen LogP contribution in [0.5, 0.6) is 0 Å². The van der Waals surface area contributed by atoms with E-state index in [9.17, 15) is 14.9 Å². The Labute approximate surface area is 195 Å². The predicted molar refractivity (Wildman–Crippen MR) is 133 cm³/mol. The van der Waals surface area contributed by atoms with E-state index in [0.717, 1.165) is 44.9 Å². The van der Waals surface area contributed by atoms with Crippen molar-refractivity contribution in [2.75, 3.05) is 19.6 Å². The number of nitrogens with two attached hydrogens (primary N) is 2. The van der Waals surface area contributed by atoms with Gasteiger partial charge in [0.15, 0.2) is 0 Å². The van der Waals surface area contributed by atoms with Crippen molar-refractivity contribution in [2.24, 2.45) is 35.1 Å². The average Bonchev–Trinajstić information content (AvgIpc) is 2.80. The summed E-state index contributed by atoms with van der Waals surface area (Å²) in [6, 6.07) is 2.18. The van der Waals surface area contributed by atoms with Crippen LogP contribution in [0.3, 0.4) is 0 Å². The molecule has 0 aromatic rings. The van der Waals surface area contributed by atoms with Gasteiger partial charge in [0.2, 0.25) is 5.91 Å². The summed E-state index contributed by atoms with van der Waals surface area (Å²) in [5.41, 5.74) is 11.2. The van der Waals surface area contributed by atoms with E-state index in [4.69, 9.17) is 11.5 Å². The Morgan fingerprint density at radius 3 is 2.28 bits per heavy atom. The maximum atomic E-state index is 12.4. The van der Waals surface area contributed by atoms with Crippen LogP contribution in [0, 0.1) is 35.0 Å². The van der Waals surface area contributed by atoms with Crippen molar-refractivity contribution in [1.82, 2.24) is 5.32 Å². The molecule has 0 aromatic carbocycles. The minimum Gasteiger partial charge on any atom is -0.356 e. The van der Waals surface area contributed by atoms with Crippen LogP contribution < -0.4 is 16.8 Å². The number of allylic oxidation sites excluding steroid dienone is 2. The number of hydrogen-bond acceptors (Lipinski definition) is 5. The van der Waals surface area contributed by atoms with Crippen molar-refractivity contribution in [3.8, 4) is 6.07 Å². The summed E-state index contributed by atoms with van der Waals surface area (Å²) < 4.78 is 0. The zero-order chi connectivity index (χ0) is 24.2. The maximum absolute atomic E-state index is 12.4. The molecular weight excluding hydrogens is 400 g/mol. The van der Waals surface area contributed by atoms with E-state index in [2.05, 4.69) is 31.8 Å². The molecule has 0 rings (SSSR count). The molecule has 0 spiro atoms. The fraction of sp³-hybridized carbons (Fsp3) is 0.731. The van der Waals surface area contributed by atoms with Crippen LogP contribution in [0.2, 0.25) is 0 Å². The number of nitrogens with zero attached hydrogens (tertiary/aromatic N) is 1. The molecule has 0 aliphatic rings. The molecule has 5 N–H and O–H groups in total. The molecule has 6 nitrogen and oxygen atoms in total. The third kappa shape index (κ3) is 15.8. The largest absolute Gasteiger partial charge is 0.356 e. The summed E-state index contributed by atoms with van der Waals surface area (Å²) in [6.07, 6.45) is 13.4. The minimum atomic E-state index is -0.568. The smallest absolute Gasteiger partial charge is 0.223 e. The SMILES string of the molecule is C=CC(CC/C=C/CC(=O)NCCCC(C)CN)CC(C#N)C(=O)CCCCC(C)CN. The van der Waals surface area contributed by atoms with E-state index >= 15 is 0 Å². The topological polar surface area (TPSA) is 122 Å². The lowest BCUT2D eigenvalue weighted by atomic mass is 9.87. The lowest BCUT2D eigenvalue weighted by Gasteiger charge is -2.15. The minimum absolute atomic E-state index is 0.0259. The maximum Gasteiger partial charge on any atom is 0.223 e. The predicted octanol–water partition coefficient (Wildman–Crippen LogP) is 4.26. The molecular formula is C26H46N4O2. The van der Waals surface area contributed by atoms with E-state index in [1.54, 1.807) is 0 Å². The van der Waals surface area contributed by atoms with Crippen LogP contribution in [0.4, 0.5) is 0 Å². The van der Waals surface area contributed by atoms with Gasteiger partial charge in [-0.25, -0.2) is 0 Å². The Morgan fingerprint density at radius 1 is 1.03 bits per heavy atom. The molecule has 0 heterocycles. The number of hydrogen-bond donors (Lipinski definition) is 3. The van der Waals surface area contributed by atoms with Crippen molar-refractivity contribution in [1.29, 1.82) is 5.26 Å². The normalized spacial score (nSPS) is 15.0. The van der Waals surface area contributed by atoms with E-state index in [-0.39, 0.29) is 17.6 Å². The molecule has 32 heavy (non-hydrogen) atoms. The van der Waals surface area contributed by atoms with E-state index in [1.165, 1.54) is 0 Å². The van der Waals surface area contributed by atoms with Crippen molar-refractivity contribution >= 4 is 11.7 Å². The van der Waals surface area contributed by atoms with Gasteiger partial charge in [0.25, 0.3) is 0 Å². The van der Waals surface area contributed by atoms with Gasteiger partial charge in [-0.05, 0) is 75.8 Å². The number of ketones is 1. The lowest BCUT2D eigenvalue weighted by Crippen LogP contribution is -2.24. The Bertz CT molecular complexity index is 597. The Morgan fingerprint density at radius 2 is 1.69 bits per heavy atom. The van der Waals surface area contributed by atoms with Gasteiger partial charge in [-0.1, -0.05) is 38.5 Å². The van der Waals surface area contributed by atoms with Gasteiger partial charge >= 0.3 is 0 Å². The highest BCUT2D eigenvalue weighted by molar-refractivity contribution is 5.83. The fourth-order valence-corrected chi connectivity index (χ4v) is 3.46. The standard InChI is InChI=1S/C26H46N4O2/c1-4-23(17-24(20-29)25(31)14-9-8-11-21(2)18-27)13-6-5-7-15-26(32)30-16-10-12-22(3)19-28/h4-5,7,21-24H,1,6,8-19,27-28H2,2-3H3,(H,30,32)/b7-5+. The summed E-state index contributed by atoms with van der Waals surface area (Å²) in [6.45, 7) is 10.1. The number of Topliss-reactive ketones (excluding diaryl/α,β-unsaturated/α-hetero) is 1. The van der Waals surface area contributed by atoms with Crippen molar-refractivity contribution in [2.45, 2.75) is 78.1 Å². The van der Waals surface area contributed by atoms with Gasteiger partial charge in [0.1, 0.15) is 11.7 Å². The molecule has 0 saturated heterocycles. The zero-order valence-corrected chi connectivity index (χ0v) is 20.4. The molecule has 4 atom stereocenters.